The molecule has 1 saturated heterocycles. The zero-order valence-corrected chi connectivity index (χ0v) is 14.5. The Morgan fingerprint density at radius 1 is 1.33 bits per heavy atom. The largest absolute Gasteiger partial charge is 0.459 e. The summed E-state index contributed by atoms with van der Waals surface area (Å²) in [6.45, 7) is 5.46. The molecule has 0 aromatic carbocycles. The molecule has 0 atom stereocenters. The van der Waals surface area contributed by atoms with Crippen LogP contribution in [0, 0.1) is 0 Å². The number of aromatic nitrogens is 3. The van der Waals surface area contributed by atoms with Crippen LogP contribution in [0.2, 0.25) is 0 Å². The summed E-state index contributed by atoms with van der Waals surface area (Å²) in [6, 6.07) is 3.57. The number of esters is 1. The first kappa shape index (κ1) is 16.5. The van der Waals surface area contributed by atoms with E-state index in [1.165, 1.54) is 5.56 Å². The van der Waals surface area contributed by atoms with Gasteiger partial charge in [0.05, 0.1) is 12.3 Å². The third-order valence-electron chi connectivity index (χ3n) is 4.34. The summed E-state index contributed by atoms with van der Waals surface area (Å²) in [5, 5.41) is 4.26. The lowest BCUT2D eigenvalue weighted by atomic mass is 9.91. The minimum Gasteiger partial charge on any atom is -0.459 e. The van der Waals surface area contributed by atoms with Crippen LogP contribution in [0.1, 0.15) is 48.5 Å². The van der Waals surface area contributed by atoms with Crippen molar-refractivity contribution in [2.75, 3.05) is 18.0 Å². The van der Waals surface area contributed by atoms with Crippen molar-refractivity contribution in [2.24, 2.45) is 7.05 Å². The summed E-state index contributed by atoms with van der Waals surface area (Å²) >= 11 is 0. The molecule has 0 saturated carbocycles. The minimum absolute atomic E-state index is 0.137. The standard InChI is InChI=1S/C18H24N4O2/c1-13(2)24-18(23)16-5-4-8-19-17(16)22-9-6-14(7-10-22)15-11-20-21(3)12-15/h4-5,8,11-14H,6-7,9-10H2,1-3H3. The molecule has 0 bridgehead atoms. The van der Waals surface area contributed by atoms with E-state index in [1.54, 1.807) is 18.3 Å². The zero-order chi connectivity index (χ0) is 17.1. The zero-order valence-electron chi connectivity index (χ0n) is 14.5. The number of piperidine rings is 1. The molecule has 1 aliphatic heterocycles. The van der Waals surface area contributed by atoms with Crippen molar-refractivity contribution in [3.8, 4) is 0 Å². The van der Waals surface area contributed by atoms with Crippen LogP contribution in [-0.4, -0.2) is 39.9 Å². The third-order valence-corrected chi connectivity index (χ3v) is 4.34. The fourth-order valence-electron chi connectivity index (χ4n) is 3.16. The van der Waals surface area contributed by atoms with Crippen LogP contribution >= 0.6 is 0 Å². The highest BCUT2D eigenvalue weighted by Gasteiger charge is 2.26. The van der Waals surface area contributed by atoms with Crippen molar-refractivity contribution in [1.82, 2.24) is 14.8 Å². The van der Waals surface area contributed by atoms with Gasteiger partial charge >= 0.3 is 5.97 Å². The van der Waals surface area contributed by atoms with Crippen LogP contribution < -0.4 is 4.90 Å². The molecule has 0 unspecified atom stereocenters. The summed E-state index contributed by atoms with van der Waals surface area (Å²) in [7, 11) is 1.94. The SMILES string of the molecule is CC(C)OC(=O)c1cccnc1N1CCC(c2cnn(C)c2)CC1. The summed E-state index contributed by atoms with van der Waals surface area (Å²) in [5.41, 5.74) is 1.84. The van der Waals surface area contributed by atoms with Crippen molar-refractivity contribution in [3.63, 3.8) is 0 Å². The van der Waals surface area contributed by atoms with Gasteiger partial charge in [0.2, 0.25) is 0 Å². The van der Waals surface area contributed by atoms with Crippen LogP contribution in [0.5, 0.6) is 0 Å². The molecule has 2 aromatic heterocycles. The second-order valence-corrected chi connectivity index (χ2v) is 6.54. The second-order valence-electron chi connectivity index (χ2n) is 6.54. The van der Waals surface area contributed by atoms with E-state index in [4.69, 9.17) is 4.74 Å². The molecule has 2 aromatic rings. The first-order valence-electron chi connectivity index (χ1n) is 8.44. The number of carbonyl (C=O) groups excluding carboxylic acids is 1. The molecule has 6 heteroatoms. The molecule has 3 rings (SSSR count). The molecule has 1 fully saturated rings. The predicted molar refractivity (Wildman–Crippen MR) is 92.2 cm³/mol. The smallest absolute Gasteiger partial charge is 0.342 e. The van der Waals surface area contributed by atoms with E-state index in [2.05, 4.69) is 21.2 Å². The van der Waals surface area contributed by atoms with E-state index >= 15 is 0 Å². The van der Waals surface area contributed by atoms with E-state index in [9.17, 15) is 4.79 Å². The Balaban J connectivity index is 1.71. The van der Waals surface area contributed by atoms with Gasteiger partial charge in [-0.05, 0) is 50.3 Å². The molecule has 24 heavy (non-hydrogen) atoms. The molecule has 6 nitrogen and oxygen atoms in total. The quantitative estimate of drug-likeness (QED) is 0.808. The molecular formula is C18H24N4O2. The Kier molecular flexibility index (Phi) is 4.83. The maximum absolute atomic E-state index is 12.3. The minimum atomic E-state index is -0.303. The molecular weight excluding hydrogens is 304 g/mol. The van der Waals surface area contributed by atoms with Crippen molar-refractivity contribution in [1.29, 1.82) is 0 Å². The summed E-state index contributed by atoms with van der Waals surface area (Å²) in [4.78, 5) is 18.9. The molecule has 0 aliphatic carbocycles. The average molecular weight is 328 g/mol. The van der Waals surface area contributed by atoms with Gasteiger partial charge in [0.25, 0.3) is 0 Å². The Labute approximate surface area is 142 Å². The first-order chi connectivity index (χ1) is 11.5. The summed E-state index contributed by atoms with van der Waals surface area (Å²) in [6.07, 6.45) is 7.69. The Morgan fingerprint density at radius 3 is 2.71 bits per heavy atom. The molecule has 1 aliphatic rings. The van der Waals surface area contributed by atoms with Gasteiger partial charge in [-0.25, -0.2) is 9.78 Å². The Hall–Kier alpha value is -2.37. The van der Waals surface area contributed by atoms with Gasteiger partial charge in [0.1, 0.15) is 11.4 Å². The van der Waals surface area contributed by atoms with Crippen LogP contribution in [0.15, 0.2) is 30.7 Å². The third kappa shape index (κ3) is 3.58. The van der Waals surface area contributed by atoms with Gasteiger partial charge in [-0.3, -0.25) is 4.68 Å². The number of hydrogen-bond acceptors (Lipinski definition) is 5. The highest BCUT2D eigenvalue weighted by Crippen LogP contribution is 2.30. The molecule has 128 valence electrons. The van der Waals surface area contributed by atoms with E-state index < -0.39 is 0 Å². The van der Waals surface area contributed by atoms with Crippen LogP contribution in [0.3, 0.4) is 0 Å². The van der Waals surface area contributed by atoms with Crippen LogP contribution in [0.25, 0.3) is 0 Å². The van der Waals surface area contributed by atoms with Crippen molar-refractivity contribution in [2.45, 2.75) is 38.7 Å². The molecule has 0 amide bonds. The number of anilines is 1. The highest BCUT2D eigenvalue weighted by atomic mass is 16.5. The highest BCUT2D eigenvalue weighted by molar-refractivity contribution is 5.94. The average Bonchev–Trinajstić information content (AvgIpc) is 3.01. The summed E-state index contributed by atoms with van der Waals surface area (Å²) in [5.74, 6) is 0.944. The number of hydrogen-bond donors (Lipinski definition) is 0. The van der Waals surface area contributed by atoms with Gasteiger partial charge in [0, 0.05) is 32.5 Å². The molecule has 3 heterocycles. The lowest BCUT2D eigenvalue weighted by Gasteiger charge is -2.33. The summed E-state index contributed by atoms with van der Waals surface area (Å²) < 4.78 is 7.19. The number of pyridine rings is 1. The first-order valence-corrected chi connectivity index (χ1v) is 8.44. The molecule has 0 spiro atoms. The predicted octanol–water partition coefficient (Wildman–Crippen LogP) is 2.76. The van der Waals surface area contributed by atoms with Gasteiger partial charge in [-0.15, -0.1) is 0 Å². The Morgan fingerprint density at radius 2 is 2.08 bits per heavy atom. The monoisotopic (exact) mass is 328 g/mol. The topological polar surface area (TPSA) is 60.2 Å². The lowest BCUT2D eigenvalue weighted by Crippen LogP contribution is -2.34. The van der Waals surface area contributed by atoms with Crippen molar-refractivity contribution < 1.29 is 9.53 Å². The number of aryl methyl sites for hydroxylation is 1. The second kappa shape index (κ2) is 7.03. The molecule has 0 radical (unpaired) electrons. The number of carbonyl (C=O) groups is 1. The van der Waals surface area contributed by atoms with E-state index in [0.717, 1.165) is 31.7 Å². The molecule has 0 N–H and O–H groups in total. The van der Waals surface area contributed by atoms with Gasteiger partial charge in [0.15, 0.2) is 0 Å². The van der Waals surface area contributed by atoms with Crippen LogP contribution in [-0.2, 0) is 11.8 Å². The maximum atomic E-state index is 12.3. The normalized spacial score (nSPS) is 15.8. The van der Waals surface area contributed by atoms with Crippen molar-refractivity contribution >= 4 is 11.8 Å². The van der Waals surface area contributed by atoms with E-state index in [1.807, 2.05) is 31.8 Å². The number of nitrogens with zero attached hydrogens (tertiary/aromatic N) is 4. The fourth-order valence-corrected chi connectivity index (χ4v) is 3.16. The number of ether oxygens (including phenoxy) is 1. The van der Waals surface area contributed by atoms with Crippen molar-refractivity contribution in [3.05, 3.63) is 41.9 Å². The lowest BCUT2D eigenvalue weighted by molar-refractivity contribution is 0.0378. The maximum Gasteiger partial charge on any atom is 0.342 e. The number of rotatable bonds is 4. The Bertz CT molecular complexity index is 703. The van der Waals surface area contributed by atoms with Crippen LogP contribution in [0.4, 0.5) is 5.82 Å². The van der Waals surface area contributed by atoms with E-state index in [-0.39, 0.29) is 12.1 Å². The van der Waals surface area contributed by atoms with Gasteiger partial charge < -0.3 is 9.64 Å². The fraction of sp³-hybridized carbons (Fsp3) is 0.500. The van der Waals surface area contributed by atoms with E-state index in [0.29, 0.717) is 11.5 Å². The van der Waals surface area contributed by atoms with Gasteiger partial charge in [-0.1, -0.05) is 0 Å². The van der Waals surface area contributed by atoms with Gasteiger partial charge in [-0.2, -0.15) is 5.10 Å².